The van der Waals surface area contributed by atoms with E-state index in [-0.39, 0.29) is 5.91 Å². The normalized spacial score (nSPS) is 18.8. The number of benzene rings is 2. The van der Waals surface area contributed by atoms with Gasteiger partial charge in [-0.1, -0.05) is 54.6 Å². The summed E-state index contributed by atoms with van der Waals surface area (Å²) in [5.74, 6) is -1.99. The molecular weight excluding hydrogens is 330 g/mol. The van der Waals surface area contributed by atoms with E-state index in [1.54, 1.807) is 0 Å². The first kappa shape index (κ1) is 18.1. The molecule has 5 heteroatoms. The van der Waals surface area contributed by atoms with E-state index in [2.05, 4.69) is 5.32 Å². The summed E-state index contributed by atoms with van der Waals surface area (Å²) in [6.07, 6.45) is 1.23. The van der Waals surface area contributed by atoms with Gasteiger partial charge in [-0.15, -0.1) is 0 Å². The van der Waals surface area contributed by atoms with Gasteiger partial charge in [-0.2, -0.15) is 0 Å². The molecule has 1 fully saturated rings. The smallest absolute Gasteiger partial charge is 0.307 e. The fourth-order valence-electron chi connectivity index (χ4n) is 3.12. The second-order valence-electron chi connectivity index (χ2n) is 6.64. The lowest BCUT2D eigenvalue weighted by Gasteiger charge is -2.31. The van der Waals surface area contributed by atoms with Crippen LogP contribution in [0.1, 0.15) is 29.5 Å². The third kappa shape index (κ3) is 4.70. The minimum Gasteiger partial charge on any atom is -0.481 e. The molecule has 5 nitrogen and oxygen atoms in total. The molecule has 0 aromatic heterocycles. The van der Waals surface area contributed by atoms with Crippen LogP contribution in [0.25, 0.3) is 0 Å². The number of carbonyl (C=O) groups excluding carboxylic acids is 1. The number of carboxylic acid groups (broad SMARTS) is 1. The fraction of sp³-hybridized carbons (Fsp3) is 0.333. The lowest BCUT2D eigenvalue weighted by Crippen LogP contribution is -2.43. The van der Waals surface area contributed by atoms with E-state index in [1.807, 2.05) is 54.6 Å². The lowest BCUT2D eigenvalue weighted by atomic mass is 9.73. The van der Waals surface area contributed by atoms with Crippen molar-refractivity contribution in [1.82, 2.24) is 5.32 Å². The summed E-state index contributed by atoms with van der Waals surface area (Å²) in [6, 6.07) is 17.9. The van der Waals surface area contributed by atoms with Crippen molar-refractivity contribution in [3.8, 4) is 0 Å². The zero-order valence-corrected chi connectivity index (χ0v) is 14.6. The number of carboxylic acids is 1. The first-order valence-corrected chi connectivity index (χ1v) is 8.83. The van der Waals surface area contributed by atoms with Gasteiger partial charge in [0.05, 0.1) is 25.0 Å². The monoisotopic (exact) mass is 353 g/mol. The Labute approximate surface area is 153 Å². The molecule has 1 amide bonds. The van der Waals surface area contributed by atoms with Gasteiger partial charge in [-0.25, -0.2) is 0 Å². The summed E-state index contributed by atoms with van der Waals surface area (Å²) in [7, 11) is 0. The molecular formula is C21H23NO4. The second-order valence-corrected chi connectivity index (χ2v) is 6.64. The van der Waals surface area contributed by atoms with E-state index in [1.165, 1.54) is 0 Å². The Kier molecular flexibility index (Phi) is 6.02. The van der Waals surface area contributed by atoms with E-state index in [0.29, 0.717) is 32.6 Å². The summed E-state index contributed by atoms with van der Waals surface area (Å²) in [4.78, 5) is 23.2. The zero-order chi connectivity index (χ0) is 18.4. The van der Waals surface area contributed by atoms with E-state index in [9.17, 15) is 9.59 Å². The highest BCUT2D eigenvalue weighted by atomic mass is 16.5. The highest BCUT2D eigenvalue weighted by Crippen LogP contribution is 2.34. The maximum absolute atomic E-state index is 12.1. The third-order valence-electron chi connectivity index (χ3n) is 4.77. The van der Waals surface area contributed by atoms with Crippen LogP contribution in [0.15, 0.2) is 54.6 Å². The van der Waals surface area contributed by atoms with Crippen LogP contribution in [0.2, 0.25) is 0 Å². The van der Waals surface area contributed by atoms with Crippen molar-refractivity contribution >= 4 is 11.9 Å². The Balaban J connectivity index is 1.46. The molecule has 26 heavy (non-hydrogen) atoms. The second kappa shape index (κ2) is 8.63. The molecule has 2 aromatic rings. The van der Waals surface area contributed by atoms with Crippen LogP contribution < -0.4 is 5.32 Å². The minimum absolute atomic E-state index is 0.172. The zero-order valence-electron chi connectivity index (χ0n) is 14.6. The molecule has 3 rings (SSSR count). The molecule has 0 saturated heterocycles. The third-order valence-corrected chi connectivity index (χ3v) is 4.77. The largest absolute Gasteiger partial charge is 0.481 e. The molecule has 2 aromatic carbocycles. The Morgan fingerprint density at radius 3 is 2.27 bits per heavy atom. The fourth-order valence-corrected chi connectivity index (χ4v) is 3.12. The predicted molar refractivity (Wildman–Crippen MR) is 97.1 cm³/mol. The number of rotatable bonds is 8. The summed E-state index contributed by atoms with van der Waals surface area (Å²) in [6.45, 7) is 1.45. The molecule has 0 aliphatic heterocycles. The number of nitrogens with one attached hydrogen (secondary N) is 1. The van der Waals surface area contributed by atoms with Crippen molar-refractivity contribution in [2.24, 2.45) is 11.8 Å². The highest BCUT2D eigenvalue weighted by Gasteiger charge is 2.41. The molecule has 0 radical (unpaired) electrons. The SMILES string of the molecule is O=C(O)C1CCC1C(=O)NCc1cccc(COCc2ccccc2)c1. The van der Waals surface area contributed by atoms with Crippen LogP contribution in [0.3, 0.4) is 0 Å². The van der Waals surface area contributed by atoms with Crippen molar-refractivity contribution in [2.45, 2.75) is 32.6 Å². The van der Waals surface area contributed by atoms with Gasteiger partial charge in [0.2, 0.25) is 5.91 Å². The van der Waals surface area contributed by atoms with Crippen LogP contribution in [0, 0.1) is 11.8 Å². The van der Waals surface area contributed by atoms with Gasteiger partial charge in [0.1, 0.15) is 0 Å². The van der Waals surface area contributed by atoms with Gasteiger partial charge < -0.3 is 15.2 Å². The van der Waals surface area contributed by atoms with Crippen molar-refractivity contribution in [3.63, 3.8) is 0 Å². The summed E-state index contributed by atoms with van der Waals surface area (Å²) >= 11 is 0. The van der Waals surface area contributed by atoms with Crippen LogP contribution in [-0.2, 0) is 34.1 Å². The van der Waals surface area contributed by atoms with Gasteiger partial charge in [0.25, 0.3) is 0 Å². The molecule has 2 unspecified atom stereocenters. The van der Waals surface area contributed by atoms with E-state index < -0.39 is 17.8 Å². The summed E-state index contributed by atoms with van der Waals surface area (Å²) < 4.78 is 5.74. The number of carbonyl (C=O) groups is 2. The maximum Gasteiger partial charge on any atom is 0.307 e. The van der Waals surface area contributed by atoms with Gasteiger partial charge in [0, 0.05) is 6.54 Å². The van der Waals surface area contributed by atoms with Crippen LogP contribution in [-0.4, -0.2) is 17.0 Å². The van der Waals surface area contributed by atoms with Crippen LogP contribution in [0.4, 0.5) is 0 Å². The first-order valence-electron chi connectivity index (χ1n) is 8.83. The Morgan fingerprint density at radius 1 is 0.923 bits per heavy atom. The number of ether oxygens (including phenoxy) is 1. The summed E-state index contributed by atoms with van der Waals surface area (Å²) in [5.41, 5.74) is 3.15. The molecule has 1 aliphatic carbocycles. The Bertz CT molecular complexity index is 760. The summed E-state index contributed by atoms with van der Waals surface area (Å²) in [5, 5.41) is 11.9. The number of amides is 1. The molecule has 2 N–H and O–H groups in total. The quantitative estimate of drug-likeness (QED) is 0.764. The molecule has 1 aliphatic rings. The maximum atomic E-state index is 12.1. The molecule has 136 valence electrons. The lowest BCUT2D eigenvalue weighted by molar-refractivity contribution is -0.152. The van der Waals surface area contributed by atoms with Gasteiger partial charge in [-0.05, 0) is 29.5 Å². The number of aliphatic carboxylic acids is 1. The number of hydrogen-bond donors (Lipinski definition) is 2. The van der Waals surface area contributed by atoms with Crippen LogP contribution in [0.5, 0.6) is 0 Å². The molecule has 0 spiro atoms. The van der Waals surface area contributed by atoms with E-state index in [4.69, 9.17) is 9.84 Å². The van der Waals surface area contributed by atoms with Crippen molar-refractivity contribution in [1.29, 1.82) is 0 Å². The highest BCUT2D eigenvalue weighted by molar-refractivity contribution is 5.86. The number of hydrogen-bond acceptors (Lipinski definition) is 3. The Hall–Kier alpha value is -2.66. The molecule has 0 heterocycles. The van der Waals surface area contributed by atoms with Gasteiger partial charge in [-0.3, -0.25) is 9.59 Å². The average Bonchev–Trinajstić information content (AvgIpc) is 2.60. The minimum atomic E-state index is -0.881. The standard InChI is InChI=1S/C21H23NO4/c23-20(18-9-10-19(18)21(24)25)22-12-16-7-4-8-17(11-16)14-26-13-15-5-2-1-3-6-15/h1-8,11,18-19H,9-10,12-14H2,(H,22,23)(H,24,25). The Morgan fingerprint density at radius 2 is 1.58 bits per heavy atom. The van der Waals surface area contributed by atoms with E-state index in [0.717, 1.165) is 16.7 Å². The van der Waals surface area contributed by atoms with E-state index >= 15 is 0 Å². The van der Waals surface area contributed by atoms with Crippen LogP contribution >= 0.6 is 0 Å². The average molecular weight is 353 g/mol. The van der Waals surface area contributed by atoms with Crippen molar-refractivity contribution in [3.05, 3.63) is 71.3 Å². The van der Waals surface area contributed by atoms with Gasteiger partial charge >= 0.3 is 5.97 Å². The molecule has 0 bridgehead atoms. The predicted octanol–water partition coefficient (Wildman–Crippen LogP) is 3.13. The van der Waals surface area contributed by atoms with Gasteiger partial charge in [0.15, 0.2) is 0 Å². The first-order chi connectivity index (χ1) is 12.6. The van der Waals surface area contributed by atoms with Crippen molar-refractivity contribution < 1.29 is 19.4 Å². The molecule has 2 atom stereocenters. The van der Waals surface area contributed by atoms with Crippen molar-refractivity contribution in [2.75, 3.05) is 0 Å². The molecule has 1 saturated carbocycles. The topological polar surface area (TPSA) is 75.6 Å².